The molecular formula is C32H48N4O7. The Morgan fingerprint density at radius 2 is 1.74 bits per heavy atom. The van der Waals surface area contributed by atoms with Crippen LogP contribution in [0.5, 0.6) is 0 Å². The minimum Gasteiger partial charge on any atom is -0.379 e. The van der Waals surface area contributed by atoms with E-state index in [1.54, 1.807) is 4.90 Å². The molecule has 3 N–H and O–H groups in total. The number of ether oxygens (including phenoxy) is 3. The maximum atomic E-state index is 13.9. The number of carbonyl (C=O) groups excluding carboxylic acids is 4. The van der Waals surface area contributed by atoms with Crippen LogP contribution in [0.25, 0.3) is 0 Å². The van der Waals surface area contributed by atoms with Crippen LogP contribution in [0.3, 0.4) is 0 Å². The molecule has 4 amide bonds. The Morgan fingerprint density at radius 1 is 1.02 bits per heavy atom. The number of hydrogen-bond donors (Lipinski definition) is 3. The normalized spacial score (nSPS) is 20.7. The van der Waals surface area contributed by atoms with E-state index in [0.29, 0.717) is 39.3 Å². The Labute approximate surface area is 254 Å². The summed E-state index contributed by atoms with van der Waals surface area (Å²) in [6.45, 7) is 6.43. The van der Waals surface area contributed by atoms with Gasteiger partial charge in [0, 0.05) is 26.2 Å². The van der Waals surface area contributed by atoms with Crippen molar-refractivity contribution in [2.45, 2.75) is 83.6 Å². The molecule has 3 atom stereocenters. The lowest BCUT2D eigenvalue weighted by Gasteiger charge is -2.31. The van der Waals surface area contributed by atoms with Gasteiger partial charge in [0.1, 0.15) is 12.1 Å². The number of carbonyl (C=O) groups is 4. The van der Waals surface area contributed by atoms with Crippen molar-refractivity contribution < 1.29 is 33.4 Å². The van der Waals surface area contributed by atoms with Crippen molar-refractivity contribution in [1.29, 1.82) is 0 Å². The summed E-state index contributed by atoms with van der Waals surface area (Å²) in [5, 5.41) is 8.42. The molecule has 1 spiro atoms. The third-order valence-corrected chi connectivity index (χ3v) is 8.68. The van der Waals surface area contributed by atoms with E-state index in [1.165, 1.54) is 6.42 Å². The number of hydrogen-bond acceptors (Lipinski definition) is 7. The Balaban J connectivity index is 1.43. The summed E-state index contributed by atoms with van der Waals surface area (Å²) in [7, 11) is 0. The molecule has 0 aromatic heterocycles. The number of Topliss-reactive ketones (excluding diaryl/α,β-unsaturated/α-hetero) is 1. The van der Waals surface area contributed by atoms with Gasteiger partial charge in [-0.3, -0.25) is 14.4 Å². The smallest absolute Gasteiger partial charge is 0.318 e. The highest BCUT2D eigenvalue weighted by molar-refractivity contribution is 6.38. The summed E-state index contributed by atoms with van der Waals surface area (Å²) >= 11 is 0. The summed E-state index contributed by atoms with van der Waals surface area (Å²) in [6.07, 6.45) is 6.95. The number of nitrogens with zero attached hydrogens (tertiary/aromatic N) is 1. The van der Waals surface area contributed by atoms with Gasteiger partial charge in [0.05, 0.1) is 32.5 Å². The SMILES string of the molecule is CC(C)OCCCNC(=O)C(=O)C(COCc1ccccc1)NC(=O)[C@@H](NC(=O)N1CCOCC1)C1CC12CCCCC2. The Hall–Kier alpha value is -3.02. The van der Waals surface area contributed by atoms with Gasteiger partial charge in [0.2, 0.25) is 11.7 Å². The van der Waals surface area contributed by atoms with Gasteiger partial charge >= 0.3 is 6.03 Å². The van der Waals surface area contributed by atoms with Gasteiger partial charge in [-0.25, -0.2) is 4.79 Å². The second kappa shape index (κ2) is 16.2. The predicted octanol–water partition coefficient (Wildman–Crippen LogP) is 2.57. The lowest BCUT2D eigenvalue weighted by Crippen LogP contribution is -2.58. The van der Waals surface area contributed by atoms with E-state index in [0.717, 1.165) is 37.7 Å². The highest BCUT2D eigenvalue weighted by Crippen LogP contribution is 2.62. The van der Waals surface area contributed by atoms with E-state index < -0.39 is 29.7 Å². The van der Waals surface area contributed by atoms with Crippen molar-refractivity contribution in [2.24, 2.45) is 11.3 Å². The minimum atomic E-state index is -1.20. The molecule has 1 heterocycles. The molecule has 1 aliphatic heterocycles. The van der Waals surface area contributed by atoms with Crippen LogP contribution in [-0.2, 0) is 35.2 Å². The highest BCUT2D eigenvalue weighted by Gasteiger charge is 2.59. The first-order chi connectivity index (χ1) is 20.8. The van der Waals surface area contributed by atoms with E-state index in [2.05, 4.69) is 16.0 Å². The fourth-order valence-corrected chi connectivity index (χ4v) is 6.17. The average Bonchev–Trinajstić information content (AvgIpc) is 3.70. The second-order valence-corrected chi connectivity index (χ2v) is 12.2. The molecule has 43 heavy (non-hydrogen) atoms. The third-order valence-electron chi connectivity index (χ3n) is 8.68. The van der Waals surface area contributed by atoms with Crippen LogP contribution in [0.2, 0.25) is 0 Å². The van der Waals surface area contributed by atoms with Crippen LogP contribution < -0.4 is 16.0 Å². The summed E-state index contributed by atoms with van der Waals surface area (Å²) in [6, 6.07) is 7.14. The van der Waals surface area contributed by atoms with Crippen LogP contribution in [0, 0.1) is 11.3 Å². The first kappa shape index (κ1) is 32.9. The molecule has 2 aliphatic carbocycles. The molecule has 3 aliphatic rings. The van der Waals surface area contributed by atoms with Crippen molar-refractivity contribution in [3.05, 3.63) is 35.9 Å². The van der Waals surface area contributed by atoms with Gasteiger partial charge in [-0.05, 0) is 56.4 Å². The van der Waals surface area contributed by atoms with Gasteiger partial charge in [-0.1, -0.05) is 49.6 Å². The molecule has 3 fully saturated rings. The van der Waals surface area contributed by atoms with Crippen molar-refractivity contribution in [1.82, 2.24) is 20.9 Å². The van der Waals surface area contributed by atoms with Crippen LogP contribution in [0.4, 0.5) is 4.79 Å². The predicted molar refractivity (Wildman–Crippen MR) is 160 cm³/mol. The number of urea groups is 1. The van der Waals surface area contributed by atoms with Gasteiger partial charge in [-0.2, -0.15) is 0 Å². The number of nitrogens with one attached hydrogen (secondary N) is 3. The number of amides is 4. The lowest BCUT2D eigenvalue weighted by atomic mass is 9.83. The Morgan fingerprint density at radius 3 is 2.44 bits per heavy atom. The molecule has 1 aromatic rings. The minimum absolute atomic E-state index is 0.0198. The molecule has 2 saturated carbocycles. The van der Waals surface area contributed by atoms with Gasteiger partial charge in [0.15, 0.2) is 0 Å². The molecular weight excluding hydrogens is 552 g/mol. The molecule has 0 radical (unpaired) electrons. The first-order valence-corrected chi connectivity index (χ1v) is 15.8. The zero-order valence-corrected chi connectivity index (χ0v) is 25.6. The first-order valence-electron chi connectivity index (χ1n) is 15.8. The summed E-state index contributed by atoms with van der Waals surface area (Å²) in [4.78, 5) is 54.9. The number of rotatable bonds is 15. The maximum Gasteiger partial charge on any atom is 0.318 e. The topological polar surface area (TPSA) is 135 Å². The van der Waals surface area contributed by atoms with Crippen LogP contribution in [0.1, 0.15) is 64.4 Å². The fraction of sp³-hybridized carbons (Fsp3) is 0.688. The van der Waals surface area contributed by atoms with Gasteiger partial charge in [0.25, 0.3) is 5.91 Å². The van der Waals surface area contributed by atoms with Crippen molar-refractivity contribution in [3.63, 3.8) is 0 Å². The summed E-state index contributed by atoms with van der Waals surface area (Å²) in [5.41, 5.74) is 0.944. The Bertz CT molecular complexity index is 1070. The molecule has 0 bridgehead atoms. The van der Waals surface area contributed by atoms with E-state index in [9.17, 15) is 19.2 Å². The molecule has 1 saturated heterocycles. The standard InChI is InChI=1S/C32H48N4O7/c1-23(2)43-17-9-14-33-30(39)28(37)26(22-42-21-24-10-5-3-6-11-24)34-29(38)27(25-20-32(25)12-7-4-8-13-32)35-31(40)36-15-18-41-19-16-36/h3,5-6,10-11,23,25-27H,4,7-9,12-22H2,1-2H3,(H,33,39)(H,34,38)(H,35,40)/t25?,26?,27-/m0/s1. The molecule has 11 heteroatoms. The summed E-state index contributed by atoms with van der Waals surface area (Å²) in [5.74, 6) is -2.06. The quantitative estimate of drug-likeness (QED) is 0.208. The second-order valence-electron chi connectivity index (χ2n) is 12.2. The highest BCUT2D eigenvalue weighted by atomic mass is 16.5. The van der Waals surface area contributed by atoms with Crippen LogP contribution >= 0.6 is 0 Å². The zero-order chi connectivity index (χ0) is 30.7. The van der Waals surface area contributed by atoms with E-state index in [1.807, 2.05) is 44.2 Å². The molecule has 4 rings (SSSR count). The van der Waals surface area contributed by atoms with Gasteiger partial charge in [-0.15, -0.1) is 0 Å². The van der Waals surface area contributed by atoms with Crippen LogP contribution in [-0.4, -0.2) is 92.8 Å². The Kier molecular flexibility index (Phi) is 12.4. The van der Waals surface area contributed by atoms with Crippen LogP contribution in [0.15, 0.2) is 30.3 Å². The van der Waals surface area contributed by atoms with Crippen molar-refractivity contribution >= 4 is 23.6 Å². The lowest BCUT2D eigenvalue weighted by molar-refractivity contribution is -0.141. The molecule has 1 aromatic carbocycles. The monoisotopic (exact) mass is 600 g/mol. The van der Waals surface area contributed by atoms with Crippen molar-refractivity contribution in [2.75, 3.05) is 46.1 Å². The zero-order valence-electron chi connectivity index (χ0n) is 25.6. The summed E-state index contributed by atoms with van der Waals surface area (Å²) < 4.78 is 16.7. The van der Waals surface area contributed by atoms with Crippen molar-refractivity contribution in [3.8, 4) is 0 Å². The number of benzene rings is 1. The molecule has 11 nitrogen and oxygen atoms in total. The van der Waals surface area contributed by atoms with E-state index in [4.69, 9.17) is 14.2 Å². The van der Waals surface area contributed by atoms with E-state index >= 15 is 0 Å². The molecule has 238 valence electrons. The number of morpholine rings is 1. The number of ketones is 1. The maximum absolute atomic E-state index is 13.9. The fourth-order valence-electron chi connectivity index (χ4n) is 6.17. The molecule has 2 unspecified atom stereocenters. The largest absolute Gasteiger partial charge is 0.379 e. The van der Waals surface area contributed by atoms with Gasteiger partial charge < -0.3 is 35.1 Å². The third kappa shape index (κ3) is 9.74. The average molecular weight is 601 g/mol. The van der Waals surface area contributed by atoms with E-state index in [-0.39, 0.29) is 43.2 Å².